The molecular formula is C14H24N4O. The number of nitrogens with two attached hydrogens (primary N) is 1. The van der Waals surface area contributed by atoms with Crippen LogP contribution in [-0.4, -0.2) is 54.1 Å². The SMILES string of the molecule is Cc1cnn(C2(CN)CN(CC3CCOCC3)C2)c1. The summed E-state index contributed by atoms with van der Waals surface area (Å²) in [4.78, 5) is 2.51. The van der Waals surface area contributed by atoms with Gasteiger partial charge in [-0.15, -0.1) is 0 Å². The molecule has 0 atom stereocenters. The van der Waals surface area contributed by atoms with Crippen LogP contribution < -0.4 is 5.73 Å². The van der Waals surface area contributed by atoms with Gasteiger partial charge in [0, 0.05) is 45.6 Å². The number of aromatic nitrogens is 2. The Morgan fingerprint density at radius 3 is 2.74 bits per heavy atom. The monoisotopic (exact) mass is 264 g/mol. The maximum atomic E-state index is 6.00. The maximum absolute atomic E-state index is 6.00. The van der Waals surface area contributed by atoms with Gasteiger partial charge in [-0.05, 0) is 31.2 Å². The molecule has 0 aliphatic carbocycles. The Hall–Kier alpha value is -0.910. The Morgan fingerprint density at radius 1 is 1.42 bits per heavy atom. The van der Waals surface area contributed by atoms with E-state index in [1.807, 2.05) is 6.20 Å². The summed E-state index contributed by atoms with van der Waals surface area (Å²) in [5.74, 6) is 0.795. The molecule has 5 heteroatoms. The highest BCUT2D eigenvalue weighted by molar-refractivity contribution is 5.08. The lowest BCUT2D eigenvalue weighted by atomic mass is 9.87. The largest absolute Gasteiger partial charge is 0.381 e. The van der Waals surface area contributed by atoms with Gasteiger partial charge >= 0.3 is 0 Å². The fraction of sp³-hybridized carbons (Fsp3) is 0.786. The molecule has 106 valence electrons. The van der Waals surface area contributed by atoms with Crippen LogP contribution in [0.15, 0.2) is 12.4 Å². The van der Waals surface area contributed by atoms with Crippen molar-refractivity contribution in [2.24, 2.45) is 11.7 Å². The van der Waals surface area contributed by atoms with Gasteiger partial charge in [-0.1, -0.05) is 0 Å². The average molecular weight is 264 g/mol. The molecule has 0 radical (unpaired) electrons. The van der Waals surface area contributed by atoms with Crippen molar-refractivity contribution in [3.05, 3.63) is 18.0 Å². The Labute approximate surface area is 114 Å². The zero-order valence-corrected chi connectivity index (χ0v) is 11.7. The second kappa shape index (κ2) is 5.23. The molecule has 0 amide bonds. The minimum atomic E-state index is 0.0272. The number of aryl methyl sites for hydroxylation is 1. The predicted molar refractivity (Wildman–Crippen MR) is 74.0 cm³/mol. The molecule has 0 saturated carbocycles. The summed E-state index contributed by atoms with van der Waals surface area (Å²) in [7, 11) is 0. The average Bonchev–Trinajstić information content (AvgIpc) is 2.81. The summed E-state index contributed by atoms with van der Waals surface area (Å²) in [6.07, 6.45) is 6.43. The molecule has 19 heavy (non-hydrogen) atoms. The summed E-state index contributed by atoms with van der Waals surface area (Å²) >= 11 is 0. The van der Waals surface area contributed by atoms with Crippen LogP contribution >= 0.6 is 0 Å². The zero-order chi connectivity index (χ0) is 13.3. The van der Waals surface area contributed by atoms with E-state index in [1.165, 1.54) is 24.9 Å². The lowest BCUT2D eigenvalue weighted by Crippen LogP contribution is -2.66. The van der Waals surface area contributed by atoms with Crippen molar-refractivity contribution >= 4 is 0 Å². The van der Waals surface area contributed by atoms with E-state index in [4.69, 9.17) is 10.5 Å². The fourth-order valence-electron chi connectivity index (χ4n) is 3.25. The summed E-state index contributed by atoms with van der Waals surface area (Å²) < 4.78 is 7.49. The number of hydrogen-bond donors (Lipinski definition) is 1. The fourth-order valence-corrected chi connectivity index (χ4v) is 3.25. The van der Waals surface area contributed by atoms with Crippen molar-refractivity contribution in [3.63, 3.8) is 0 Å². The van der Waals surface area contributed by atoms with Crippen LogP contribution in [0.2, 0.25) is 0 Å². The number of nitrogens with zero attached hydrogens (tertiary/aromatic N) is 3. The van der Waals surface area contributed by atoms with Crippen LogP contribution in [0, 0.1) is 12.8 Å². The normalized spacial score (nSPS) is 24.3. The van der Waals surface area contributed by atoms with Crippen LogP contribution in [0.25, 0.3) is 0 Å². The summed E-state index contributed by atoms with van der Waals surface area (Å²) in [5.41, 5.74) is 7.23. The van der Waals surface area contributed by atoms with E-state index >= 15 is 0 Å². The summed E-state index contributed by atoms with van der Waals surface area (Å²) in [5, 5.41) is 4.45. The predicted octanol–water partition coefficient (Wildman–Crippen LogP) is 0.588. The van der Waals surface area contributed by atoms with Crippen molar-refractivity contribution in [2.75, 3.05) is 39.4 Å². The molecule has 3 rings (SSSR count). The van der Waals surface area contributed by atoms with Gasteiger partial charge in [0.15, 0.2) is 0 Å². The Bertz CT molecular complexity index is 419. The third kappa shape index (κ3) is 2.55. The van der Waals surface area contributed by atoms with Crippen LogP contribution in [-0.2, 0) is 10.3 Å². The molecule has 0 aromatic carbocycles. The first-order valence-corrected chi connectivity index (χ1v) is 7.24. The Kier molecular flexibility index (Phi) is 3.60. The van der Waals surface area contributed by atoms with Gasteiger partial charge in [0.2, 0.25) is 0 Å². The van der Waals surface area contributed by atoms with Gasteiger partial charge in [0.05, 0.1) is 6.20 Å². The van der Waals surface area contributed by atoms with Gasteiger partial charge in [0.1, 0.15) is 5.54 Å². The first-order chi connectivity index (χ1) is 9.22. The van der Waals surface area contributed by atoms with Crippen molar-refractivity contribution in [2.45, 2.75) is 25.3 Å². The van der Waals surface area contributed by atoms with Crippen molar-refractivity contribution < 1.29 is 4.74 Å². The van der Waals surface area contributed by atoms with Crippen molar-refractivity contribution in [1.29, 1.82) is 0 Å². The van der Waals surface area contributed by atoms with Gasteiger partial charge in [-0.3, -0.25) is 9.58 Å². The molecule has 2 N–H and O–H groups in total. The lowest BCUT2D eigenvalue weighted by Gasteiger charge is -2.50. The van der Waals surface area contributed by atoms with Crippen LogP contribution in [0.1, 0.15) is 18.4 Å². The Morgan fingerprint density at radius 2 is 2.16 bits per heavy atom. The number of likely N-dealkylation sites (tertiary alicyclic amines) is 1. The van der Waals surface area contributed by atoms with Gasteiger partial charge < -0.3 is 10.5 Å². The standard InChI is InChI=1S/C14H24N4O/c1-12-6-16-18(7-12)14(9-15)10-17(11-14)8-13-2-4-19-5-3-13/h6-7,13H,2-5,8-11,15H2,1H3. The topological polar surface area (TPSA) is 56.3 Å². The molecule has 2 aliphatic heterocycles. The van der Waals surface area contributed by atoms with E-state index in [0.717, 1.165) is 32.2 Å². The lowest BCUT2D eigenvalue weighted by molar-refractivity contribution is -0.0200. The highest BCUT2D eigenvalue weighted by Gasteiger charge is 2.44. The minimum absolute atomic E-state index is 0.0272. The Balaban J connectivity index is 1.57. The van der Waals surface area contributed by atoms with E-state index in [-0.39, 0.29) is 5.54 Å². The van der Waals surface area contributed by atoms with E-state index in [2.05, 4.69) is 27.8 Å². The van der Waals surface area contributed by atoms with Crippen molar-refractivity contribution in [1.82, 2.24) is 14.7 Å². The van der Waals surface area contributed by atoms with Gasteiger partial charge in [-0.25, -0.2) is 0 Å². The molecule has 1 aromatic heterocycles. The number of hydrogen-bond acceptors (Lipinski definition) is 4. The molecule has 2 aliphatic rings. The van der Waals surface area contributed by atoms with E-state index in [1.54, 1.807) is 0 Å². The molecule has 2 fully saturated rings. The van der Waals surface area contributed by atoms with Crippen molar-refractivity contribution in [3.8, 4) is 0 Å². The number of ether oxygens (including phenoxy) is 1. The molecule has 1 aromatic rings. The maximum Gasteiger partial charge on any atom is 0.100 e. The highest BCUT2D eigenvalue weighted by Crippen LogP contribution is 2.30. The van der Waals surface area contributed by atoms with Crippen LogP contribution in [0.5, 0.6) is 0 Å². The zero-order valence-electron chi connectivity index (χ0n) is 11.7. The third-order valence-electron chi connectivity index (χ3n) is 4.47. The first-order valence-electron chi connectivity index (χ1n) is 7.24. The second-order valence-electron chi connectivity index (χ2n) is 6.12. The number of rotatable bonds is 4. The molecule has 0 unspecified atom stereocenters. The highest BCUT2D eigenvalue weighted by atomic mass is 16.5. The third-order valence-corrected chi connectivity index (χ3v) is 4.47. The molecule has 5 nitrogen and oxygen atoms in total. The summed E-state index contributed by atoms with van der Waals surface area (Å²) in [6, 6.07) is 0. The smallest absolute Gasteiger partial charge is 0.100 e. The molecular weight excluding hydrogens is 240 g/mol. The minimum Gasteiger partial charge on any atom is -0.381 e. The molecule has 2 saturated heterocycles. The molecule has 3 heterocycles. The quantitative estimate of drug-likeness (QED) is 0.864. The van der Waals surface area contributed by atoms with E-state index in [0.29, 0.717) is 6.54 Å². The molecule has 0 bridgehead atoms. The van der Waals surface area contributed by atoms with Crippen LogP contribution in [0.3, 0.4) is 0 Å². The van der Waals surface area contributed by atoms with Crippen LogP contribution in [0.4, 0.5) is 0 Å². The van der Waals surface area contributed by atoms with E-state index in [9.17, 15) is 0 Å². The first kappa shape index (κ1) is 13.1. The second-order valence-corrected chi connectivity index (χ2v) is 6.12. The van der Waals surface area contributed by atoms with E-state index < -0.39 is 0 Å². The van der Waals surface area contributed by atoms with Gasteiger partial charge in [-0.2, -0.15) is 5.10 Å². The molecule has 0 spiro atoms. The van der Waals surface area contributed by atoms with Gasteiger partial charge in [0.25, 0.3) is 0 Å². The summed E-state index contributed by atoms with van der Waals surface area (Å²) in [6.45, 7) is 7.84.